The maximum atomic E-state index is 13.1. The fraction of sp³-hybridized carbons (Fsp3) is 0.444. The summed E-state index contributed by atoms with van der Waals surface area (Å²) >= 11 is 0. The molecule has 0 spiro atoms. The Morgan fingerprint density at radius 1 is 1.09 bits per heavy atom. The monoisotopic (exact) mass is 478 g/mol. The molecule has 2 fully saturated rings. The van der Waals surface area contributed by atoms with Crippen molar-refractivity contribution in [2.45, 2.75) is 44.2 Å². The lowest BCUT2D eigenvalue weighted by atomic mass is 9.84. The normalized spacial score (nSPS) is 23.7. The van der Waals surface area contributed by atoms with E-state index < -0.39 is 35.5 Å². The number of nitrogens with one attached hydrogen (secondary N) is 2. The molecule has 2 aliphatic carbocycles. The number of ether oxygens (including phenoxy) is 2. The van der Waals surface area contributed by atoms with Gasteiger partial charge in [0.1, 0.15) is 12.6 Å². The smallest absolute Gasteiger partial charge is 0.407 e. The molecule has 0 radical (unpaired) electrons. The van der Waals surface area contributed by atoms with Crippen molar-refractivity contribution < 1.29 is 29.0 Å². The number of carbonyl (C=O) groups is 3. The lowest BCUT2D eigenvalue weighted by Gasteiger charge is -2.30. The summed E-state index contributed by atoms with van der Waals surface area (Å²) in [5, 5.41) is 15.0. The Morgan fingerprint density at radius 2 is 1.71 bits per heavy atom. The molecule has 2 unspecified atom stereocenters. The van der Waals surface area contributed by atoms with Gasteiger partial charge in [-0.15, -0.1) is 0 Å². The van der Waals surface area contributed by atoms with E-state index in [1.165, 1.54) is 0 Å². The summed E-state index contributed by atoms with van der Waals surface area (Å²) in [6.07, 6.45) is 1.77. The van der Waals surface area contributed by atoms with E-state index in [4.69, 9.17) is 9.47 Å². The van der Waals surface area contributed by atoms with Crippen LogP contribution in [0.4, 0.5) is 4.79 Å². The first-order valence-corrected chi connectivity index (χ1v) is 12.1. The predicted octanol–water partition coefficient (Wildman–Crippen LogP) is 3.30. The number of carboxylic acid groups (broad SMARTS) is 1. The molecule has 0 aromatic heterocycles. The summed E-state index contributed by atoms with van der Waals surface area (Å²) < 4.78 is 11.1. The zero-order chi connectivity index (χ0) is 24.6. The number of fused-ring (bicyclic) bond motifs is 3. The number of benzene rings is 2. The Bertz CT molecular complexity index is 1100. The molecule has 2 aromatic rings. The van der Waals surface area contributed by atoms with Gasteiger partial charge in [-0.2, -0.15) is 0 Å². The van der Waals surface area contributed by atoms with Crippen molar-refractivity contribution in [2.75, 3.05) is 19.8 Å². The van der Waals surface area contributed by atoms with Crippen LogP contribution in [0.15, 0.2) is 48.5 Å². The second-order valence-electron chi connectivity index (χ2n) is 10.00. The van der Waals surface area contributed by atoms with Crippen LogP contribution >= 0.6 is 0 Å². The molecule has 3 N–H and O–H groups in total. The lowest BCUT2D eigenvalue weighted by Crippen LogP contribution is -2.56. The molecule has 1 saturated heterocycles. The topological polar surface area (TPSA) is 114 Å². The van der Waals surface area contributed by atoms with E-state index in [-0.39, 0.29) is 25.7 Å². The van der Waals surface area contributed by atoms with Gasteiger partial charge < -0.3 is 25.2 Å². The van der Waals surface area contributed by atoms with Gasteiger partial charge in [-0.25, -0.2) is 9.59 Å². The molecule has 1 saturated carbocycles. The fourth-order valence-electron chi connectivity index (χ4n) is 5.11. The number of hydrogen-bond donors (Lipinski definition) is 3. The summed E-state index contributed by atoms with van der Waals surface area (Å²) in [6, 6.07) is 14.6. The first-order chi connectivity index (χ1) is 16.9. The van der Waals surface area contributed by atoms with Crippen LogP contribution in [0.5, 0.6) is 0 Å². The average Bonchev–Trinajstić information content (AvgIpc) is 3.51. The van der Waals surface area contributed by atoms with Crippen molar-refractivity contribution in [2.24, 2.45) is 11.3 Å². The van der Waals surface area contributed by atoms with Crippen molar-refractivity contribution in [3.05, 3.63) is 59.7 Å². The molecular weight excluding hydrogens is 448 g/mol. The molecule has 1 aliphatic heterocycles. The number of amides is 2. The third-order valence-electron chi connectivity index (χ3n) is 7.48. The number of hydrogen-bond acceptors (Lipinski definition) is 5. The van der Waals surface area contributed by atoms with Crippen LogP contribution in [0.2, 0.25) is 0 Å². The zero-order valence-electron chi connectivity index (χ0n) is 19.7. The van der Waals surface area contributed by atoms with Crippen molar-refractivity contribution >= 4 is 18.0 Å². The first-order valence-electron chi connectivity index (χ1n) is 12.1. The van der Waals surface area contributed by atoms with Gasteiger partial charge in [0.2, 0.25) is 5.91 Å². The minimum Gasteiger partial charge on any atom is -0.480 e. The third kappa shape index (κ3) is 4.62. The first kappa shape index (κ1) is 23.4. The highest BCUT2D eigenvalue weighted by atomic mass is 16.5. The molecule has 8 heteroatoms. The molecule has 5 rings (SSSR count). The van der Waals surface area contributed by atoms with E-state index in [2.05, 4.69) is 22.8 Å². The molecular formula is C27H30N2O6. The van der Waals surface area contributed by atoms with Gasteiger partial charge in [-0.1, -0.05) is 61.4 Å². The number of alkyl carbamates (subject to hydrolysis) is 1. The summed E-state index contributed by atoms with van der Waals surface area (Å²) in [5.41, 5.74) is 3.42. The van der Waals surface area contributed by atoms with E-state index in [1.807, 2.05) is 36.4 Å². The van der Waals surface area contributed by atoms with Gasteiger partial charge in [0.15, 0.2) is 0 Å². The largest absolute Gasteiger partial charge is 0.480 e. The number of carboxylic acids is 1. The van der Waals surface area contributed by atoms with Crippen LogP contribution < -0.4 is 10.6 Å². The van der Waals surface area contributed by atoms with E-state index in [0.29, 0.717) is 12.3 Å². The Labute approximate surface area is 204 Å². The van der Waals surface area contributed by atoms with Crippen LogP contribution in [0, 0.1) is 11.3 Å². The second kappa shape index (κ2) is 9.34. The minimum atomic E-state index is -1.09. The molecule has 0 bridgehead atoms. The van der Waals surface area contributed by atoms with E-state index in [0.717, 1.165) is 35.1 Å². The number of aliphatic carboxylic acids is 1. The van der Waals surface area contributed by atoms with E-state index >= 15 is 0 Å². The van der Waals surface area contributed by atoms with Gasteiger partial charge in [-0.05, 0) is 41.5 Å². The molecule has 35 heavy (non-hydrogen) atoms. The maximum absolute atomic E-state index is 13.1. The van der Waals surface area contributed by atoms with Crippen LogP contribution in [0.1, 0.15) is 43.2 Å². The molecule has 2 amide bonds. The van der Waals surface area contributed by atoms with Crippen LogP contribution in [0.3, 0.4) is 0 Å². The highest BCUT2D eigenvalue weighted by Gasteiger charge is 2.48. The van der Waals surface area contributed by atoms with Crippen molar-refractivity contribution in [3.63, 3.8) is 0 Å². The van der Waals surface area contributed by atoms with Gasteiger partial charge in [-0.3, -0.25) is 4.79 Å². The Balaban J connectivity index is 1.22. The molecule has 3 atom stereocenters. The van der Waals surface area contributed by atoms with Crippen molar-refractivity contribution in [1.29, 1.82) is 0 Å². The summed E-state index contributed by atoms with van der Waals surface area (Å²) in [4.78, 5) is 37.5. The van der Waals surface area contributed by atoms with Gasteiger partial charge in [0.05, 0.1) is 24.7 Å². The summed E-state index contributed by atoms with van der Waals surface area (Å²) in [6.45, 7) is 2.08. The predicted molar refractivity (Wildman–Crippen MR) is 128 cm³/mol. The minimum absolute atomic E-state index is 0.0681. The van der Waals surface area contributed by atoms with Gasteiger partial charge in [0, 0.05) is 5.92 Å². The lowest BCUT2D eigenvalue weighted by molar-refractivity contribution is -0.144. The second-order valence-corrected chi connectivity index (χ2v) is 10.00. The maximum Gasteiger partial charge on any atom is 0.407 e. The number of carbonyl (C=O) groups excluding carboxylic acids is 2. The average molecular weight is 479 g/mol. The highest BCUT2D eigenvalue weighted by molar-refractivity contribution is 5.88. The Morgan fingerprint density at radius 3 is 2.31 bits per heavy atom. The summed E-state index contributed by atoms with van der Waals surface area (Å²) in [7, 11) is 0. The van der Waals surface area contributed by atoms with E-state index in [1.54, 1.807) is 6.92 Å². The molecule has 3 aliphatic rings. The third-order valence-corrected chi connectivity index (χ3v) is 7.48. The molecule has 2 aromatic carbocycles. The van der Waals surface area contributed by atoms with Gasteiger partial charge >= 0.3 is 12.1 Å². The Hall–Kier alpha value is -3.39. The number of rotatable bonds is 8. The quantitative estimate of drug-likeness (QED) is 0.537. The SMILES string of the molecule is CC1(C(=O)N[C@@H](CC2CC2)C(=O)O)COCC1NC(=O)OCC1c2ccccc2-c2ccccc21. The highest BCUT2D eigenvalue weighted by Crippen LogP contribution is 2.44. The Kier molecular flexibility index (Phi) is 6.23. The van der Waals surface area contributed by atoms with Crippen molar-refractivity contribution in [1.82, 2.24) is 10.6 Å². The van der Waals surface area contributed by atoms with E-state index in [9.17, 15) is 19.5 Å². The molecule has 184 valence electrons. The zero-order valence-corrected chi connectivity index (χ0v) is 19.7. The van der Waals surface area contributed by atoms with Crippen molar-refractivity contribution in [3.8, 4) is 11.1 Å². The summed E-state index contributed by atoms with van der Waals surface area (Å²) in [5.74, 6) is -1.21. The standard InChI is InChI=1S/C27H30N2O6/c1-27(25(32)28-22(24(30)31)12-16-10-11-16)15-34-14-23(27)29-26(33)35-13-21-19-8-4-2-6-17(19)18-7-3-5-9-20(18)21/h2-9,16,21-23H,10-15H2,1H3,(H,28,32)(H,29,33)(H,30,31)/t22-,23?,27?/m0/s1. The van der Waals surface area contributed by atoms with Gasteiger partial charge in [0.25, 0.3) is 0 Å². The molecule has 8 nitrogen and oxygen atoms in total. The van der Waals surface area contributed by atoms with Crippen LogP contribution in [0.25, 0.3) is 11.1 Å². The van der Waals surface area contributed by atoms with Crippen LogP contribution in [-0.2, 0) is 19.1 Å². The molecule has 1 heterocycles. The fourth-order valence-corrected chi connectivity index (χ4v) is 5.11. The van der Waals surface area contributed by atoms with Crippen LogP contribution in [-0.4, -0.2) is 55.0 Å².